The van der Waals surface area contributed by atoms with Gasteiger partial charge in [0.05, 0.1) is 10.6 Å². The number of anilines is 1. The van der Waals surface area contributed by atoms with Crippen molar-refractivity contribution >= 4 is 43.5 Å². The zero-order chi connectivity index (χ0) is 27.9. The van der Waals surface area contributed by atoms with Gasteiger partial charge in [-0.3, -0.25) is 13.9 Å². The van der Waals surface area contributed by atoms with E-state index >= 15 is 0 Å². The van der Waals surface area contributed by atoms with Gasteiger partial charge in [0.2, 0.25) is 11.8 Å². The number of nitrogens with zero attached hydrogens (tertiary/aromatic N) is 2. The van der Waals surface area contributed by atoms with Crippen molar-refractivity contribution in [2.75, 3.05) is 17.4 Å². The van der Waals surface area contributed by atoms with Gasteiger partial charge >= 0.3 is 0 Å². The molecule has 0 bridgehead atoms. The fourth-order valence-corrected chi connectivity index (χ4v) is 5.87. The molecule has 38 heavy (non-hydrogen) atoms. The highest BCUT2D eigenvalue weighted by Gasteiger charge is 2.33. The molecule has 7 nitrogen and oxygen atoms in total. The summed E-state index contributed by atoms with van der Waals surface area (Å²) in [7, 11) is -4.08. The molecule has 0 saturated heterocycles. The highest BCUT2D eigenvalue weighted by atomic mass is 79.9. The SMILES string of the molecule is CCNC(=O)[C@H](CC)N(Cc1cccc(C)c1)C(=O)CN(c1ccc(Br)cc1)S(=O)(=O)c1ccc(C)cc1. The van der Waals surface area contributed by atoms with Crippen LogP contribution in [0.4, 0.5) is 5.69 Å². The molecule has 1 N–H and O–H groups in total. The molecule has 0 aliphatic carbocycles. The number of nitrogens with one attached hydrogen (secondary N) is 1. The number of rotatable bonds is 11. The van der Waals surface area contributed by atoms with Crippen LogP contribution in [0.3, 0.4) is 0 Å². The van der Waals surface area contributed by atoms with E-state index in [4.69, 9.17) is 0 Å². The zero-order valence-corrected chi connectivity index (χ0v) is 24.6. The molecule has 0 heterocycles. The van der Waals surface area contributed by atoms with Gasteiger partial charge in [-0.15, -0.1) is 0 Å². The van der Waals surface area contributed by atoms with Crippen LogP contribution in [0.5, 0.6) is 0 Å². The molecule has 202 valence electrons. The number of carbonyl (C=O) groups is 2. The van der Waals surface area contributed by atoms with E-state index < -0.39 is 28.5 Å². The van der Waals surface area contributed by atoms with Crippen LogP contribution >= 0.6 is 15.9 Å². The molecule has 0 aliphatic heterocycles. The second kappa shape index (κ2) is 13.1. The van der Waals surface area contributed by atoms with E-state index in [0.717, 1.165) is 25.5 Å². The van der Waals surface area contributed by atoms with Crippen molar-refractivity contribution in [2.24, 2.45) is 0 Å². The summed E-state index contributed by atoms with van der Waals surface area (Å²) in [5, 5.41) is 2.81. The molecular weight excluding hydrogens is 566 g/mol. The maximum Gasteiger partial charge on any atom is 0.264 e. The number of hydrogen-bond donors (Lipinski definition) is 1. The van der Waals surface area contributed by atoms with Crippen LogP contribution in [0.2, 0.25) is 0 Å². The van der Waals surface area contributed by atoms with Crippen molar-refractivity contribution in [2.45, 2.75) is 51.6 Å². The topological polar surface area (TPSA) is 86.8 Å². The Morgan fingerprint density at radius 2 is 1.58 bits per heavy atom. The summed E-state index contributed by atoms with van der Waals surface area (Å²) >= 11 is 3.39. The number of hydrogen-bond acceptors (Lipinski definition) is 4. The standard InChI is InChI=1S/C29H34BrN3O4S/c1-5-27(29(35)31-6-2)32(19-23-9-7-8-22(4)18-23)28(34)20-33(25-14-12-24(30)13-15-25)38(36,37)26-16-10-21(3)11-17-26/h7-18,27H,5-6,19-20H2,1-4H3,(H,31,35)/t27-/m0/s1. The molecule has 3 aromatic rings. The summed E-state index contributed by atoms with van der Waals surface area (Å²) in [5.74, 6) is -0.740. The largest absolute Gasteiger partial charge is 0.355 e. The average Bonchev–Trinajstić information content (AvgIpc) is 2.88. The monoisotopic (exact) mass is 599 g/mol. The van der Waals surface area contributed by atoms with Gasteiger partial charge in [0.25, 0.3) is 10.0 Å². The normalized spacial score (nSPS) is 12.0. The Morgan fingerprint density at radius 3 is 2.16 bits per heavy atom. The Balaban J connectivity index is 2.05. The average molecular weight is 601 g/mol. The van der Waals surface area contributed by atoms with E-state index in [9.17, 15) is 18.0 Å². The molecule has 9 heteroatoms. The lowest BCUT2D eigenvalue weighted by Crippen LogP contribution is -2.52. The van der Waals surface area contributed by atoms with Crippen LogP contribution in [0.15, 0.2) is 82.2 Å². The summed E-state index contributed by atoms with van der Waals surface area (Å²) in [6.45, 7) is 7.64. The first-order valence-corrected chi connectivity index (χ1v) is 14.8. The minimum Gasteiger partial charge on any atom is -0.355 e. The zero-order valence-electron chi connectivity index (χ0n) is 22.1. The highest BCUT2D eigenvalue weighted by Crippen LogP contribution is 2.26. The molecule has 3 rings (SSSR count). The maximum atomic E-state index is 14.0. The van der Waals surface area contributed by atoms with E-state index in [1.165, 1.54) is 17.0 Å². The van der Waals surface area contributed by atoms with E-state index in [2.05, 4.69) is 21.2 Å². The smallest absolute Gasteiger partial charge is 0.264 e. The number of aryl methyl sites for hydroxylation is 2. The Morgan fingerprint density at radius 1 is 0.921 bits per heavy atom. The summed E-state index contributed by atoms with van der Waals surface area (Å²) in [4.78, 5) is 28.5. The third kappa shape index (κ3) is 7.23. The number of sulfonamides is 1. The van der Waals surface area contributed by atoms with Gasteiger partial charge in [-0.2, -0.15) is 0 Å². The van der Waals surface area contributed by atoms with Crippen molar-refractivity contribution < 1.29 is 18.0 Å². The van der Waals surface area contributed by atoms with Gasteiger partial charge < -0.3 is 10.2 Å². The third-order valence-corrected chi connectivity index (χ3v) is 8.49. The first-order valence-electron chi connectivity index (χ1n) is 12.5. The van der Waals surface area contributed by atoms with Crippen LogP contribution in [-0.2, 0) is 26.2 Å². The van der Waals surface area contributed by atoms with E-state index in [0.29, 0.717) is 18.7 Å². The fourth-order valence-electron chi connectivity index (χ4n) is 4.19. The van der Waals surface area contributed by atoms with Crippen LogP contribution in [-0.4, -0.2) is 44.3 Å². The lowest BCUT2D eigenvalue weighted by Gasteiger charge is -2.33. The third-order valence-electron chi connectivity index (χ3n) is 6.17. The first kappa shape index (κ1) is 29.4. The van der Waals surface area contributed by atoms with Crippen LogP contribution < -0.4 is 9.62 Å². The fraction of sp³-hybridized carbons (Fsp3) is 0.310. The Kier molecular flexibility index (Phi) is 10.1. The molecular formula is C29H34BrN3O4S. The van der Waals surface area contributed by atoms with Gasteiger partial charge in [0.15, 0.2) is 0 Å². The molecule has 0 spiro atoms. The van der Waals surface area contributed by atoms with Crippen molar-refractivity contribution in [3.8, 4) is 0 Å². The summed E-state index contributed by atoms with van der Waals surface area (Å²) in [5.41, 5.74) is 3.16. The van der Waals surface area contributed by atoms with Crippen LogP contribution in [0.1, 0.15) is 37.0 Å². The van der Waals surface area contributed by atoms with E-state index in [-0.39, 0.29) is 17.3 Å². The van der Waals surface area contributed by atoms with Gasteiger partial charge in [-0.05, 0) is 69.2 Å². The summed E-state index contributed by atoms with van der Waals surface area (Å²) < 4.78 is 29.6. The molecule has 0 unspecified atom stereocenters. The summed E-state index contributed by atoms with van der Waals surface area (Å²) in [6.07, 6.45) is 0.381. The predicted octanol–water partition coefficient (Wildman–Crippen LogP) is 5.20. The van der Waals surface area contributed by atoms with Gasteiger partial charge in [-0.25, -0.2) is 8.42 Å². The second-order valence-electron chi connectivity index (χ2n) is 9.13. The predicted molar refractivity (Wildman–Crippen MR) is 154 cm³/mol. The van der Waals surface area contributed by atoms with E-state index in [1.54, 1.807) is 36.4 Å². The number of amides is 2. The lowest BCUT2D eigenvalue weighted by atomic mass is 10.1. The molecule has 1 atom stereocenters. The number of likely N-dealkylation sites (N-methyl/N-ethyl adjacent to an activating group) is 1. The maximum absolute atomic E-state index is 14.0. The van der Waals surface area contributed by atoms with E-state index in [1.807, 2.05) is 52.0 Å². The molecule has 2 amide bonds. The van der Waals surface area contributed by atoms with Crippen LogP contribution in [0.25, 0.3) is 0 Å². The second-order valence-corrected chi connectivity index (χ2v) is 11.9. The highest BCUT2D eigenvalue weighted by molar-refractivity contribution is 9.10. The number of carbonyl (C=O) groups excluding carboxylic acids is 2. The van der Waals surface area contributed by atoms with Gasteiger partial charge in [0.1, 0.15) is 12.6 Å². The van der Waals surface area contributed by atoms with Gasteiger partial charge in [0, 0.05) is 17.6 Å². The number of halogens is 1. The molecule has 0 fully saturated rings. The molecule has 3 aromatic carbocycles. The molecule has 0 aliphatic rings. The molecule has 0 saturated carbocycles. The van der Waals surface area contributed by atoms with Crippen molar-refractivity contribution in [3.63, 3.8) is 0 Å². The Hall–Kier alpha value is -3.17. The van der Waals surface area contributed by atoms with Crippen LogP contribution in [0, 0.1) is 13.8 Å². The minimum absolute atomic E-state index is 0.0832. The minimum atomic E-state index is -4.08. The Bertz CT molecular complexity index is 1360. The van der Waals surface area contributed by atoms with Crippen molar-refractivity contribution in [3.05, 3.63) is 94.0 Å². The first-order chi connectivity index (χ1) is 18.1. The lowest BCUT2D eigenvalue weighted by molar-refractivity contribution is -0.140. The summed E-state index contributed by atoms with van der Waals surface area (Å²) in [6, 6.07) is 20.2. The molecule has 0 aromatic heterocycles. The Labute approximate surface area is 234 Å². The quantitative estimate of drug-likeness (QED) is 0.328. The van der Waals surface area contributed by atoms with Crippen molar-refractivity contribution in [1.82, 2.24) is 10.2 Å². The molecule has 0 radical (unpaired) electrons. The van der Waals surface area contributed by atoms with Gasteiger partial charge in [-0.1, -0.05) is 70.4 Å². The number of benzene rings is 3. The van der Waals surface area contributed by atoms with Crippen molar-refractivity contribution in [1.29, 1.82) is 0 Å².